The minimum absolute atomic E-state index is 0.00426. The Kier molecular flexibility index (Phi) is 2.24. The van der Waals surface area contributed by atoms with Crippen molar-refractivity contribution in [3.8, 4) is 5.75 Å². The van der Waals surface area contributed by atoms with Crippen LogP contribution < -0.4 is 5.48 Å². The van der Waals surface area contributed by atoms with Crippen LogP contribution in [0.4, 0.5) is 0 Å². The van der Waals surface area contributed by atoms with Gasteiger partial charge in [-0.05, 0) is 18.2 Å². The Hall–Kier alpha value is -1.74. The highest BCUT2D eigenvalue weighted by molar-refractivity contribution is 5.67. The van der Waals surface area contributed by atoms with Gasteiger partial charge in [0, 0.05) is 0 Å². The van der Waals surface area contributed by atoms with Crippen molar-refractivity contribution in [3.63, 3.8) is 0 Å². The summed E-state index contributed by atoms with van der Waals surface area (Å²) < 4.78 is 0. The van der Waals surface area contributed by atoms with E-state index < -0.39 is 0 Å². The summed E-state index contributed by atoms with van der Waals surface area (Å²) in [6, 6.07) is 7.05. The summed E-state index contributed by atoms with van der Waals surface area (Å²) in [6.07, 6.45) is 3.59. The van der Waals surface area contributed by atoms with E-state index in [1.165, 1.54) is 0 Å². The molecule has 0 fully saturated rings. The lowest BCUT2D eigenvalue weighted by Crippen LogP contribution is -2.17. The van der Waals surface area contributed by atoms with E-state index in [9.17, 15) is 5.11 Å². The molecule has 72 valence electrons. The number of nitrogens with one attached hydrogen (secondary N) is 1. The van der Waals surface area contributed by atoms with Gasteiger partial charge in [-0.3, -0.25) is 0 Å². The molecule has 1 aromatic carbocycles. The number of phenols is 1. The molecule has 0 spiro atoms. The predicted octanol–water partition coefficient (Wildman–Crippen LogP) is 1.82. The summed E-state index contributed by atoms with van der Waals surface area (Å²) in [7, 11) is 0. The summed E-state index contributed by atoms with van der Waals surface area (Å²) in [4.78, 5) is 5.20. The van der Waals surface area contributed by atoms with Crippen LogP contribution in [-0.4, -0.2) is 11.1 Å². The molecular formula is C11H11NO2. The Balaban J connectivity index is 2.33. The number of aromatic hydroxyl groups is 1. The maximum absolute atomic E-state index is 9.56. The summed E-state index contributed by atoms with van der Waals surface area (Å²) in [5, 5.41) is 9.56. The topological polar surface area (TPSA) is 41.5 Å². The highest BCUT2D eigenvalue weighted by Gasteiger charge is 2.17. The van der Waals surface area contributed by atoms with Crippen LogP contribution in [-0.2, 0) is 4.84 Å². The fourth-order valence-electron chi connectivity index (χ4n) is 1.31. The first-order valence-electron chi connectivity index (χ1n) is 4.36. The Morgan fingerprint density at radius 1 is 1.43 bits per heavy atom. The lowest BCUT2D eigenvalue weighted by Gasteiger charge is -2.04. The van der Waals surface area contributed by atoms with Gasteiger partial charge in [-0.2, -0.15) is 0 Å². The average Bonchev–Trinajstić information content (AvgIpc) is 2.67. The van der Waals surface area contributed by atoms with Crippen LogP contribution in [0.1, 0.15) is 5.56 Å². The van der Waals surface area contributed by atoms with E-state index in [-0.39, 0.29) is 11.8 Å². The predicted molar refractivity (Wildman–Crippen MR) is 54.3 cm³/mol. The van der Waals surface area contributed by atoms with Crippen molar-refractivity contribution < 1.29 is 9.94 Å². The first-order chi connectivity index (χ1) is 6.81. The van der Waals surface area contributed by atoms with Gasteiger partial charge < -0.3 is 9.94 Å². The van der Waals surface area contributed by atoms with Crippen LogP contribution in [0.5, 0.6) is 5.75 Å². The molecule has 0 aromatic heterocycles. The van der Waals surface area contributed by atoms with E-state index in [2.05, 4.69) is 12.1 Å². The second kappa shape index (κ2) is 3.55. The number of hydroxylamine groups is 1. The molecule has 1 atom stereocenters. The maximum Gasteiger partial charge on any atom is 0.156 e. The summed E-state index contributed by atoms with van der Waals surface area (Å²) in [5.41, 5.74) is 3.44. The average molecular weight is 189 g/mol. The normalized spacial score (nSPS) is 20.0. The van der Waals surface area contributed by atoms with Crippen molar-refractivity contribution in [2.75, 3.05) is 0 Å². The van der Waals surface area contributed by atoms with Crippen molar-refractivity contribution >= 4 is 5.76 Å². The zero-order chi connectivity index (χ0) is 9.97. The third-order valence-corrected chi connectivity index (χ3v) is 2.06. The second-order valence-corrected chi connectivity index (χ2v) is 3.03. The van der Waals surface area contributed by atoms with Gasteiger partial charge in [0.1, 0.15) is 5.75 Å². The van der Waals surface area contributed by atoms with E-state index in [0.717, 1.165) is 0 Å². The molecule has 1 unspecified atom stereocenters. The van der Waals surface area contributed by atoms with E-state index in [0.29, 0.717) is 11.3 Å². The fraction of sp³-hybridized carbons (Fsp3) is 0.0909. The molecule has 0 saturated carbocycles. The fourth-order valence-corrected chi connectivity index (χ4v) is 1.31. The highest BCUT2D eigenvalue weighted by Crippen LogP contribution is 2.27. The number of para-hydroxylation sites is 1. The van der Waals surface area contributed by atoms with Gasteiger partial charge >= 0.3 is 0 Å². The Morgan fingerprint density at radius 3 is 2.86 bits per heavy atom. The molecule has 14 heavy (non-hydrogen) atoms. The largest absolute Gasteiger partial charge is 0.507 e. The standard InChI is InChI=1S/C11H11NO2/c1-2-8-7-11(14-12-8)9-5-3-4-6-10(9)13/h2-8,12-13H,1H2. The minimum Gasteiger partial charge on any atom is -0.507 e. The van der Waals surface area contributed by atoms with Gasteiger partial charge in [0.15, 0.2) is 5.76 Å². The van der Waals surface area contributed by atoms with Crippen molar-refractivity contribution in [3.05, 3.63) is 48.6 Å². The van der Waals surface area contributed by atoms with E-state index in [1.54, 1.807) is 24.3 Å². The van der Waals surface area contributed by atoms with Gasteiger partial charge in [0.25, 0.3) is 0 Å². The molecule has 1 aromatic rings. The zero-order valence-electron chi connectivity index (χ0n) is 7.60. The van der Waals surface area contributed by atoms with Gasteiger partial charge in [-0.25, -0.2) is 0 Å². The van der Waals surface area contributed by atoms with Gasteiger partial charge in [-0.15, -0.1) is 12.1 Å². The smallest absolute Gasteiger partial charge is 0.156 e. The SMILES string of the molecule is C=CC1C=C(c2ccccc2O)ON1. The Bertz CT molecular complexity index is 385. The van der Waals surface area contributed by atoms with Crippen LogP contribution in [0.3, 0.4) is 0 Å². The monoisotopic (exact) mass is 189 g/mol. The summed E-state index contributed by atoms with van der Waals surface area (Å²) >= 11 is 0. The molecule has 1 aliphatic heterocycles. The van der Waals surface area contributed by atoms with Crippen molar-refractivity contribution in [2.24, 2.45) is 0 Å². The third kappa shape index (κ3) is 1.49. The van der Waals surface area contributed by atoms with Crippen molar-refractivity contribution in [2.45, 2.75) is 6.04 Å². The van der Waals surface area contributed by atoms with Crippen molar-refractivity contribution in [1.29, 1.82) is 0 Å². The molecule has 0 bridgehead atoms. The van der Waals surface area contributed by atoms with Crippen LogP contribution in [0, 0.1) is 0 Å². The number of phenolic OH excluding ortho intramolecular Hbond substituents is 1. The number of rotatable bonds is 2. The molecule has 2 N–H and O–H groups in total. The van der Waals surface area contributed by atoms with Gasteiger partial charge in [0.2, 0.25) is 0 Å². The lowest BCUT2D eigenvalue weighted by molar-refractivity contribution is 0.173. The van der Waals surface area contributed by atoms with E-state index in [1.807, 2.05) is 12.1 Å². The van der Waals surface area contributed by atoms with Gasteiger partial charge in [-0.1, -0.05) is 18.2 Å². The van der Waals surface area contributed by atoms with E-state index >= 15 is 0 Å². The van der Waals surface area contributed by atoms with Crippen LogP contribution in [0.2, 0.25) is 0 Å². The Labute approximate surface area is 82.3 Å². The number of benzene rings is 1. The first kappa shape index (κ1) is 8.84. The molecule has 0 aliphatic carbocycles. The molecule has 1 heterocycles. The Morgan fingerprint density at radius 2 is 2.21 bits per heavy atom. The minimum atomic E-state index is 0.00426. The third-order valence-electron chi connectivity index (χ3n) is 2.06. The summed E-state index contributed by atoms with van der Waals surface area (Å²) in [6.45, 7) is 3.64. The molecular weight excluding hydrogens is 178 g/mol. The zero-order valence-corrected chi connectivity index (χ0v) is 7.60. The number of hydrogen-bond donors (Lipinski definition) is 2. The van der Waals surface area contributed by atoms with Crippen LogP contribution in [0.15, 0.2) is 43.0 Å². The molecule has 3 heteroatoms. The molecule has 3 nitrogen and oxygen atoms in total. The molecule has 1 aliphatic rings. The molecule has 2 rings (SSSR count). The summed E-state index contributed by atoms with van der Waals surface area (Å²) in [5.74, 6) is 0.846. The van der Waals surface area contributed by atoms with Crippen LogP contribution in [0.25, 0.3) is 5.76 Å². The molecule has 0 amide bonds. The number of hydrogen-bond acceptors (Lipinski definition) is 3. The maximum atomic E-state index is 9.56. The lowest BCUT2D eigenvalue weighted by atomic mass is 10.1. The molecule has 0 radical (unpaired) electrons. The van der Waals surface area contributed by atoms with Crippen LogP contribution >= 0.6 is 0 Å². The molecule has 0 saturated heterocycles. The second-order valence-electron chi connectivity index (χ2n) is 3.03. The van der Waals surface area contributed by atoms with Crippen molar-refractivity contribution in [1.82, 2.24) is 5.48 Å². The quantitative estimate of drug-likeness (QED) is 0.697. The van der Waals surface area contributed by atoms with Gasteiger partial charge in [0.05, 0.1) is 11.6 Å². The first-order valence-corrected chi connectivity index (χ1v) is 4.36. The highest BCUT2D eigenvalue weighted by atomic mass is 16.7. The van der Waals surface area contributed by atoms with E-state index in [4.69, 9.17) is 4.84 Å².